The topological polar surface area (TPSA) is 46.9 Å². The third-order valence-electron chi connectivity index (χ3n) is 1.94. The van der Waals surface area contributed by atoms with Crippen LogP contribution in [0.5, 0.6) is 0 Å². The summed E-state index contributed by atoms with van der Waals surface area (Å²) in [6.45, 7) is 0. The lowest BCUT2D eigenvalue weighted by molar-refractivity contribution is 0.241. The fourth-order valence-corrected chi connectivity index (χ4v) is 2.69. The first-order valence-corrected chi connectivity index (χ1v) is 5.92. The molecule has 0 aliphatic carbocycles. The minimum Gasteiger partial charge on any atom is -0.339 e. The first kappa shape index (κ1) is 11.4. The highest BCUT2D eigenvalue weighted by Crippen LogP contribution is 2.37. The van der Waals surface area contributed by atoms with E-state index in [4.69, 9.17) is 23.2 Å². The number of nitrogens with zero attached hydrogens (tertiary/aromatic N) is 2. The van der Waals surface area contributed by atoms with Gasteiger partial charge in [-0.1, -0.05) is 23.2 Å². The minimum atomic E-state index is -0.302. The molecule has 0 aliphatic heterocycles. The first-order chi connectivity index (χ1) is 7.61. The lowest BCUT2D eigenvalue weighted by atomic mass is 10.2. The number of amides is 1. The summed E-state index contributed by atoms with van der Waals surface area (Å²) in [6.07, 6.45) is 1.57. The van der Waals surface area contributed by atoms with E-state index in [0.717, 1.165) is 5.56 Å². The standard InChI is InChI=1S/C9H7Cl2N3OS/c1-12-9(15)14-3-2-6(13-14)5-4-7(10)16-8(5)11/h2-4H,1H3,(H,12,15). The number of carbonyl (C=O) groups is 1. The van der Waals surface area contributed by atoms with E-state index < -0.39 is 0 Å². The first-order valence-electron chi connectivity index (χ1n) is 4.35. The highest BCUT2D eigenvalue weighted by Gasteiger charge is 2.12. The van der Waals surface area contributed by atoms with Gasteiger partial charge in [0.2, 0.25) is 0 Å². The number of thiophene rings is 1. The van der Waals surface area contributed by atoms with Gasteiger partial charge in [-0.2, -0.15) is 9.78 Å². The zero-order valence-electron chi connectivity index (χ0n) is 8.20. The summed E-state index contributed by atoms with van der Waals surface area (Å²) in [5.41, 5.74) is 1.36. The molecule has 0 aliphatic rings. The molecule has 0 bridgehead atoms. The number of hydrogen-bond acceptors (Lipinski definition) is 3. The van der Waals surface area contributed by atoms with E-state index in [-0.39, 0.29) is 6.03 Å². The maximum atomic E-state index is 11.3. The van der Waals surface area contributed by atoms with Gasteiger partial charge in [0, 0.05) is 18.8 Å². The van der Waals surface area contributed by atoms with Crippen molar-refractivity contribution in [3.8, 4) is 11.3 Å². The Balaban J connectivity index is 2.38. The maximum Gasteiger partial charge on any atom is 0.341 e. The van der Waals surface area contributed by atoms with Gasteiger partial charge in [0.1, 0.15) is 4.34 Å². The molecule has 0 saturated heterocycles. The molecule has 2 rings (SSSR count). The molecule has 1 amide bonds. The molecule has 84 valence electrons. The van der Waals surface area contributed by atoms with Gasteiger partial charge in [-0.05, 0) is 12.1 Å². The molecule has 0 spiro atoms. The second-order valence-corrected chi connectivity index (χ2v) is 5.22. The van der Waals surface area contributed by atoms with Gasteiger partial charge in [-0.3, -0.25) is 0 Å². The Morgan fingerprint density at radius 2 is 2.31 bits per heavy atom. The summed E-state index contributed by atoms with van der Waals surface area (Å²) >= 11 is 13.1. The van der Waals surface area contributed by atoms with Crippen LogP contribution in [-0.2, 0) is 0 Å². The molecule has 0 saturated carbocycles. The molecular weight excluding hydrogens is 269 g/mol. The fraction of sp³-hybridized carbons (Fsp3) is 0.111. The third kappa shape index (κ3) is 2.07. The average Bonchev–Trinajstić information content (AvgIpc) is 2.83. The van der Waals surface area contributed by atoms with E-state index >= 15 is 0 Å². The van der Waals surface area contributed by atoms with Crippen molar-refractivity contribution >= 4 is 40.6 Å². The van der Waals surface area contributed by atoms with Crippen LogP contribution >= 0.6 is 34.5 Å². The average molecular weight is 276 g/mol. The van der Waals surface area contributed by atoms with Crippen LogP contribution in [0.15, 0.2) is 18.3 Å². The number of halogens is 2. The van der Waals surface area contributed by atoms with E-state index in [1.165, 1.54) is 23.1 Å². The van der Waals surface area contributed by atoms with Crippen LogP contribution in [0, 0.1) is 0 Å². The molecule has 4 nitrogen and oxygen atoms in total. The predicted molar refractivity (Wildman–Crippen MR) is 65.4 cm³/mol. The second-order valence-electron chi connectivity index (χ2n) is 2.94. The zero-order valence-corrected chi connectivity index (χ0v) is 10.5. The van der Waals surface area contributed by atoms with Gasteiger partial charge >= 0.3 is 6.03 Å². The molecule has 0 fully saturated rings. The van der Waals surface area contributed by atoms with Gasteiger partial charge < -0.3 is 5.32 Å². The number of nitrogens with one attached hydrogen (secondary N) is 1. The molecule has 0 unspecified atom stereocenters. The summed E-state index contributed by atoms with van der Waals surface area (Å²) in [4.78, 5) is 11.3. The van der Waals surface area contributed by atoms with Gasteiger partial charge in [-0.25, -0.2) is 4.79 Å². The molecule has 2 aromatic heterocycles. The monoisotopic (exact) mass is 275 g/mol. The largest absolute Gasteiger partial charge is 0.341 e. The summed E-state index contributed by atoms with van der Waals surface area (Å²) in [5, 5.41) is 6.56. The van der Waals surface area contributed by atoms with Crippen LogP contribution in [0.2, 0.25) is 8.67 Å². The molecule has 0 radical (unpaired) electrons. The highest BCUT2D eigenvalue weighted by molar-refractivity contribution is 7.20. The van der Waals surface area contributed by atoms with Crippen LogP contribution in [0.3, 0.4) is 0 Å². The van der Waals surface area contributed by atoms with Gasteiger partial charge in [0.05, 0.1) is 10.0 Å². The zero-order chi connectivity index (χ0) is 11.7. The van der Waals surface area contributed by atoms with Crippen LogP contribution in [-0.4, -0.2) is 22.9 Å². The van der Waals surface area contributed by atoms with E-state index in [1.54, 1.807) is 18.3 Å². The van der Waals surface area contributed by atoms with Crippen LogP contribution < -0.4 is 5.32 Å². The molecule has 0 aromatic carbocycles. The van der Waals surface area contributed by atoms with Crippen molar-refractivity contribution in [3.05, 3.63) is 27.0 Å². The van der Waals surface area contributed by atoms with Gasteiger partial charge in [0.25, 0.3) is 0 Å². The number of carbonyl (C=O) groups excluding carboxylic acids is 1. The summed E-state index contributed by atoms with van der Waals surface area (Å²) in [5.74, 6) is 0. The lowest BCUT2D eigenvalue weighted by Crippen LogP contribution is -2.24. The Kier molecular flexibility index (Phi) is 3.18. The number of hydrogen-bond donors (Lipinski definition) is 1. The van der Waals surface area contributed by atoms with E-state index in [0.29, 0.717) is 14.4 Å². The Morgan fingerprint density at radius 1 is 1.56 bits per heavy atom. The Hall–Kier alpha value is -1.04. The van der Waals surface area contributed by atoms with Crippen molar-refractivity contribution < 1.29 is 4.79 Å². The van der Waals surface area contributed by atoms with E-state index in [2.05, 4.69) is 10.4 Å². The number of aromatic nitrogens is 2. The SMILES string of the molecule is CNC(=O)n1ccc(-c2cc(Cl)sc2Cl)n1. The maximum absolute atomic E-state index is 11.3. The molecule has 16 heavy (non-hydrogen) atoms. The predicted octanol–water partition coefficient (Wildman–Crippen LogP) is 3.11. The van der Waals surface area contributed by atoms with Gasteiger partial charge in [-0.15, -0.1) is 11.3 Å². The summed E-state index contributed by atoms with van der Waals surface area (Å²) in [7, 11) is 1.54. The Bertz CT molecular complexity index is 535. The Labute approximate surface area is 106 Å². The summed E-state index contributed by atoms with van der Waals surface area (Å²) < 4.78 is 2.36. The number of rotatable bonds is 1. The normalized spacial score (nSPS) is 10.4. The van der Waals surface area contributed by atoms with Crippen molar-refractivity contribution in [1.29, 1.82) is 0 Å². The van der Waals surface area contributed by atoms with Crippen LogP contribution in [0.4, 0.5) is 4.79 Å². The van der Waals surface area contributed by atoms with Crippen LogP contribution in [0.25, 0.3) is 11.3 Å². The molecule has 2 heterocycles. The molecule has 7 heteroatoms. The minimum absolute atomic E-state index is 0.302. The highest BCUT2D eigenvalue weighted by atomic mass is 35.5. The molecule has 2 aromatic rings. The van der Waals surface area contributed by atoms with Crippen molar-refractivity contribution in [3.63, 3.8) is 0 Å². The Morgan fingerprint density at radius 3 is 2.88 bits per heavy atom. The summed E-state index contributed by atoms with van der Waals surface area (Å²) in [6, 6.07) is 3.13. The molecular formula is C9H7Cl2N3OS. The van der Waals surface area contributed by atoms with Crippen molar-refractivity contribution in [1.82, 2.24) is 15.1 Å². The fourth-order valence-electron chi connectivity index (χ4n) is 1.21. The van der Waals surface area contributed by atoms with E-state index in [9.17, 15) is 4.79 Å². The van der Waals surface area contributed by atoms with E-state index in [1.807, 2.05) is 0 Å². The van der Waals surface area contributed by atoms with Crippen molar-refractivity contribution in [2.75, 3.05) is 7.05 Å². The molecule has 0 atom stereocenters. The van der Waals surface area contributed by atoms with Crippen molar-refractivity contribution in [2.45, 2.75) is 0 Å². The second kappa shape index (κ2) is 4.45. The van der Waals surface area contributed by atoms with Crippen molar-refractivity contribution in [2.24, 2.45) is 0 Å². The third-order valence-corrected chi connectivity index (χ3v) is 3.43. The lowest BCUT2D eigenvalue weighted by Gasteiger charge is -1.96. The quantitative estimate of drug-likeness (QED) is 0.869. The van der Waals surface area contributed by atoms with Gasteiger partial charge in [0.15, 0.2) is 0 Å². The smallest absolute Gasteiger partial charge is 0.339 e. The van der Waals surface area contributed by atoms with Crippen LogP contribution in [0.1, 0.15) is 0 Å². The molecule has 1 N–H and O–H groups in total.